The van der Waals surface area contributed by atoms with Gasteiger partial charge in [0.15, 0.2) is 5.82 Å². The highest BCUT2D eigenvalue weighted by molar-refractivity contribution is 6.03. The number of terminal acetylenes is 1. The third kappa shape index (κ3) is 5.18. The molecule has 0 unspecified atom stereocenters. The van der Waals surface area contributed by atoms with Crippen LogP contribution in [-0.2, 0) is 0 Å². The van der Waals surface area contributed by atoms with Crippen LogP contribution in [0, 0.1) is 24.0 Å². The van der Waals surface area contributed by atoms with Gasteiger partial charge in [-0.1, -0.05) is 25.8 Å². The van der Waals surface area contributed by atoms with Gasteiger partial charge in [0.25, 0.3) is 0 Å². The van der Waals surface area contributed by atoms with Crippen LogP contribution in [0.5, 0.6) is 11.8 Å². The number of aliphatic hydroxyl groups excluding tert-OH is 1. The number of aromatic nitrogens is 3. The minimum atomic E-state index is -0.751. The van der Waals surface area contributed by atoms with Gasteiger partial charge in [-0.2, -0.15) is 9.97 Å². The van der Waals surface area contributed by atoms with Crippen molar-refractivity contribution in [3.05, 3.63) is 47.7 Å². The van der Waals surface area contributed by atoms with E-state index in [2.05, 4.69) is 20.8 Å². The van der Waals surface area contributed by atoms with Crippen molar-refractivity contribution in [3.8, 4) is 35.4 Å². The van der Waals surface area contributed by atoms with E-state index in [9.17, 15) is 14.6 Å². The lowest BCUT2D eigenvalue weighted by Crippen LogP contribution is -2.43. The number of aromatic hydroxyl groups is 1. The van der Waals surface area contributed by atoms with Gasteiger partial charge >= 0.3 is 6.01 Å². The third-order valence-corrected chi connectivity index (χ3v) is 9.14. The molecule has 3 fully saturated rings. The molecule has 0 spiro atoms. The molecule has 230 valence electrons. The number of halogens is 2. The number of piperidine rings is 1. The smallest absolute Gasteiger partial charge is 0.319 e. The first kappa shape index (κ1) is 30.0. The number of rotatable bonds is 5. The second-order valence-electron chi connectivity index (χ2n) is 11.6. The van der Waals surface area contributed by atoms with E-state index in [0.29, 0.717) is 49.1 Å². The number of phenolic OH excluding ortho intramolecular Hbond substituents is 1. The highest BCUT2D eigenvalue weighted by atomic mass is 19.1. The predicted molar refractivity (Wildman–Crippen MR) is 167 cm³/mol. The average molecular weight is 602 g/mol. The first-order chi connectivity index (χ1) is 21.4. The maximum Gasteiger partial charge on any atom is 0.319 e. The molecule has 0 atom stereocenters. The van der Waals surface area contributed by atoms with E-state index in [4.69, 9.17) is 16.1 Å². The Labute approximate surface area is 255 Å². The number of pyridine rings is 1. The Morgan fingerprint density at radius 1 is 1.07 bits per heavy atom. The van der Waals surface area contributed by atoms with Gasteiger partial charge in [0.05, 0.1) is 22.6 Å². The summed E-state index contributed by atoms with van der Waals surface area (Å²) in [4.78, 5) is 18.2. The fourth-order valence-corrected chi connectivity index (χ4v) is 7.01. The predicted octanol–water partition coefficient (Wildman–Crippen LogP) is 5.80. The molecular weight excluding hydrogens is 564 g/mol. The van der Waals surface area contributed by atoms with Crippen molar-refractivity contribution in [1.82, 2.24) is 19.9 Å². The van der Waals surface area contributed by atoms with Crippen LogP contribution < -0.4 is 9.64 Å². The lowest BCUT2D eigenvalue weighted by molar-refractivity contribution is 0.107. The van der Waals surface area contributed by atoms with E-state index in [-0.39, 0.29) is 45.0 Å². The van der Waals surface area contributed by atoms with Gasteiger partial charge in [-0.25, -0.2) is 8.78 Å². The molecule has 10 heteroatoms. The second-order valence-corrected chi connectivity index (χ2v) is 11.6. The quantitative estimate of drug-likeness (QED) is 0.277. The summed E-state index contributed by atoms with van der Waals surface area (Å²) in [6.45, 7) is 7.58. The van der Waals surface area contributed by atoms with Gasteiger partial charge in [-0.3, -0.25) is 9.88 Å². The normalized spacial score (nSPS) is 18.2. The lowest BCUT2D eigenvalue weighted by Gasteiger charge is -2.32. The van der Waals surface area contributed by atoms with Crippen LogP contribution in [0.2, 0.25) is 0 Å². The maximum atomic E-state index is 16.6. The molecule has 0 saturated carbocycles. The number of fused-ring (bicyclic) bond motifs is 3. The fourth-order valence-electron chi connectivity index (χ4n) is 7.01. The molecule has 0 radical (unpaired) electrons. The maximum absolute atomic E-state index is 16.6. The van der Waals surface area contributed by atoms with E-state index < -0.39 is 17.7 Å². The van der Waals surface area contributed by atoms with Crippen molar-refractivity contribution < 1.29 is 23.7 Å². The van der Waals surface area contributed by atoms with Gasteiger partial charge < -0.3 is 19.8 Å². The second kappa shape index (κ2) is 12.1. The van der Waals surface area contributed by atoms with Crippen LogP contribution in [0.1, 0.15) is 57.9 Å². The third-order valence-electron chi connectivity index (χ3n) is 9.14. The Bertz CT molecular complexity index is 1740. The van der Waals surface area contributed by atoms with Crippen LogP contribution in [0.4, 0.5) is 14.6 Å². The Kier molecular flexibility index (Phi) is 8.27. The lowest BCUT2D eigenvalue weighted by atomic mass is 9.95. The number of aliphatic hydroxyl groups is 1. The number of hydrogen-bond acceptors (Lipinski definition) is 8. The molecule has 2 N–H and O–H groups in total. The summed E-state index contributed by atoms with van der Waals surface area (Å²) < 4.78 is 37.6. The van der Waals surface area contributed by atoms with Crippen molar-refractivity contribution in [2.24, 2.45) is 0 Å². The SMILES string of the molecule is C#Cc1c(F)ccc2cc(O)cc(-c3ncc4c(N5CCC(O)CC5)nc(OCC56CCCN5CCC6)nc4c3F)c12.CC. The van der Waals surface area contributed by atoms with Crippen molar-refractivity contribution in [2.45, 2.75) is 64.0 Å². The number of benzene rings is 2. The molecule has 2 aromatic heterocycles. The number of phenols is 1. The molecule has 0 amide bonds. The Morgan fingerprint density at radius 3 is 2.50 bits per heavy atom. The van der Waals surface area contributed by atoms with Crippen LogP contribution in [-0.4, -0.2) is 74.5 Å². The summed E-state index contributed by atoms with van der Waals surface area (Å²) in [6, 6.07) is 5.56. The molecule has 7 rings (SSSR count). The van der Waals surface area contributed by atoms with E-state index in [1.807, 2.05) is 18.7 Å². The zero-order chi connectivity index (χ0) is 31.0. The minimum absolute atomic E-state index is 0.00785. The van der Waals surface area contributed by atoms with Crippen LogP contribution >= 0.6 is 0 Å². The molecule has 3 aliphatic rings. The van der Waals surface area contributed by atoms with Gasteiger partial charge in [-0.15, -0.1) is 6.42 Å². The van der Waals surface area contributed by atoms with Crippen LogP contribution in [0.15, 0.2) is 30.5 Å². The standard InChI is InChI=1S/C32H31F2N5O3.C2H6/c1-2-22-25(33)6-5-19-15-21(41)16-23(26(19)22)28-27(34)29-24(17-35-28)30(38-13-7-20(40)8-14-38)37-31(36-29)42-18-32-9-3-11-39(32)12-4-10-32;1-2/h1,5-6,15-17,20,40-41H,3-4,7-14,18H2;1-2H3. The zero-order valence-electron chi connectivity index (χ0n) is 25.1. The first-order valence-electron chi connectivity index (χ1n) is 15.5. The van der Waals surface area contributed by atoms with E-state index in [1.54, 1.807) is 0 Å². The average Bonchev–Trinajstić information content (AvgIpc) is 3.62. The monoisotopic (exact) mass is 601 g/mol. The molecule has 3 aliphatic heterocycles. The Hall–Kier alpha value is -4.07. The van der Waals surface area contributed by atoms with Crippen molar-refractivity contribution >= 4 is 27.5 Å². The number of hydrogen-bond donors (Lipinski definition) is 2. The summed E-state index contributed by atoms with van der Waals surface area (Å²) in [5.74, 6) is 1.34. The van der Waals surface area contributed by atoms with Crippen LogP contribution in [0.3, 0.4) is 0 Å². The summed E-state index contributed by atoms with van der Waals surface area (Å²) in [7, 11) is 0. The van der Waals surface area contributed by atoms with Crippen molar-refractivity contribution in [1.29, 1.82) is 0 Å². The van der Waals surface area contributed by atoms with Gasteiger partial charge in [0.1, 0.15) is 35.2 Å². The Morgan fingerprint density at radius 2 is 1.80 bits per heavy atom. The Balaban J connectivity index is 0.00000168. The van der Waals surface area contributed by atoms with E-state index >= 15 is 4.39 Å². The molecule has 2 aromatic carbocycles. The molecule has 3 saturated heterocycles. The molecule has 44 heavy (non-hydrogen) atoms. The molecule has 4 aromatic rings. The van der Waals surface area contributed by atoms with E-state index in [0.717, 1.165) is 38.8 Å². The van der Waals surface area contributed by atoms with Gasteiger partial charge in [0, 0.05) is 30.2 Å². The molecule has 8 nitrogen and oxygen atoms in total. The molecule has 0 aliphatic carbocycles. The molecule has 5 heterocycles. The fraction of sp³-hybridized carbons (Fsp3) is 0.441. The highest BCUT2D eigenvalue weighted by Crippen LogP contribution is 2.41. The molecule has 0 bridgehead atoms. The number of ether oxygens (including phenoxy) is 1. The topological polar surface area (TPSA) is 94.8 Å². The highest BCUT2D eigenvalue weighted by Gasteiger charge is 2.45. The minimum Gasteiger partial charge on any atom is -0.508 e. The largest absolute Gasteiger partial charge is 0.508 e. The number of anilines is 1. The summed E-state index contributed by atoms with van der Waals surface area (Å²) in [5.41, 5.74) is -0.0433. The van der Waals surface area contributed by atoms with Crippen molar-refractivity contribution in [2.75, 3.05) is 37.7 Å². The summed E-state index contributed by atoms with van der Waals surface area (Å²) >= 11 is 0. The number of nitrogens with zero attached hydrogens (tertiary/aromatic N) is 5. The zero-order valence-corrected chi connectivity index (χ0v) is 25.1. The van der Waals surface area contributed by atoms with Gasteiger partial charge in [-0.05, 0) is 75.2 Å². The summed E-state index contributed by atoms with van der Waals surface area (Å²) in [6.07, 6.45) is 12.2. The summed E-state index contributed by atoms with van der Waals surface area (Å²) in [5, 5.41) is 21.7. The molecular formula is C34H37F2N5O3. The van der Waals surface area contributed by atoms with Gasteiger partial charge in [0.2, 0.25) is 0 Å². The van der Waals surface area contributed by atoms with E-state index in [1.165, 1.54) is 30.5 Å². The first-order valence-corrected chi connectivity index (χ1v) is 15.5. The van der Waals surface area contributed by atoms with Crippen molar-refractivity contribution in [3.63, 3.8) is 0 Å². The van der Waals surface area contributed by atoms with Crippen LogP contribution in [0.25, 0.3) is 32.9 Å².